The molecule has 0 rings (SSSR count). The smallest absolute Gasteiger partial charge is 0.306 e. The van der Waals surface area contributed by atoms with Gasteiger partial charge in [0, 0.05) is 12.8 Å². The summed E-state index contributed by atoms with van der Waals surface area (Å²) in [6.07, 6.45) is 115. The molecule has 2 atom stereocenters. The summed E-state index contributed by atoms with van der Waals surface area (Å²) in [6, 6.07) is 0. The molecule has 0 aromatic carbocycles. The molecule has 10 heteroatoms. The summed E-state index contributed by atoms with van der Waals surface area (Å²) in [4.78, 5) is 38.2. The second-order valence-corrected chi connectivity index (χ2v) is 29.1. The number of quaternary nitrogens is 1. The predicted octanol–water partition coefficient (Wildman–Crippen LogP) is 26.4. The number of rotatable bonds is 73. The van der Waals surface area contributed by atoms with E-state index < -0.39 is 26.5 Å². The van der Waals surface area contributed by atoms with Crippen molar-refractivity contribution in [2.75, 3.05) is 47.5 Å². The third-order valence-corrected chi connectivity index (χ3v) is 18.0. The molecule has 0 aliphatic heterocycles. The van der Waals surface area contributed by atoms with Gasteiger partial charge in [0.2, 0.25) is 0 Å². The zero-order chi connectivity index (χ0) is 71.1. The van der Waals surface area contributed by atoms with Crippen LogP contribution in [0.2, 0.25) is 0 Å². The van der Waals surface area contributed by atoms with Gasteiger partial charge in [0.15, 0.2) is 6.10 Å². The van der Waals surface area contributed by atoms with Crippen LogP contribution in [0.5, 0.6) is 0 Å². The van der Waals surface area contributed by atoms with Crippen molar-refractivity contribution in [3.63, 3.8) is 0 Å². The minimum absolute atomic E-state index is 0.0427. The predicted molar refractivity (Wildman–Crippen MR) is 424 cm³/mol. The number of ether oxygens (including phenoxy) is 2. The standard InChI is InChI=1S/C88H150NO8P/c1-6-8-10-12-14-16-18-20-22-24-26-28-30-32-34-36-38-40-42-43-44-45-47-48-50-52-54-56-58-60-62-64-66-68-70-72-74-76-78-80-87(90)94-84-86(85-96-98(92,93)95-83-82-89(3,4)5)97-88(91)81-79-77-75-73-71-69-67-65-63-61-59-57-55-53-51-49-46-41-39-37-35-33-31-29-27-25-23-21-19-17-15-13-11-9-7-2/h9,11,15,17-18,20-21,23-24,26-27,29-30,32-33,35,39,41,49,51,55,57,61,63,67,69,86H,6-8,10,12-14,16,19,22,25,28,31,34,36-38,40,42-48,50,52-54,56,58-60,62,64-66,68,70-85H2,1-5H3/b11-9-,17-15-,20-18-,23-21-,26-24-,29-27-,32-30-,35-33-,41-39-,51-49-,57-55-,63-61-,69-67-. The number of allylic oxidation sites excluding steroid dienone is 26. The van der Waals surface area contributed by atoms with E-state index in [9.17, 15) is 19.0 Å². The van der Waals surface area contributed by atoms with Crippen LogP contribution in [-0.2, 0) is 32.7 Å². The zero-order valence-corrected chi connectivity index (χ0v) is 64.8. The maximum absolute atomic E-state index is 12.9. The summed E-state index contributed by atoms with van der Waals surface area (Å²) in [5.74, 6) is -0.861. The first-order valence-electron chi connectivity index (χ1n) is 40.2. The highest BCUT2D eigenvalue weighted by Crippen LogP contribution is 2.38. The Morgan fingerprint density at radius 2 is 0.582 bits per heavy atom. The summed E-state index contributed by atoms with van der Waals surface area (Å²) >= 11 is 0. The van der Waals surface area contributed by atoms with E-state index in [0.717, 1.165) is 122 Å². The Labute approximate surface area is 605 Å². The van der Waals surface area contributed by atoms with Crippen LogP contribution >= 0.6 is 7.82 Å². The monoisotopic (exact) mass is 1380 g/mol. The third-order valence-electron chi connectivity index (χ3n) is 17.0. The van der Waals surface area contributed by atoms with Gasteiger partial charge in [-0.15, -0.1) is 0 Å². The molecule has 0 radical (unpaired) electrons. The third kappa shape index (κ3) is 80.6. The fourth-order valence-corrected chi connectivity index (χ4v) is 11.7. The molecule has 560 valence electrons. The van der Waals surface area contributed by atoms with Gasteiger partial charge in [-0.1, -0.05) is 352 Å². The lowest BCUT2D eigenvalue weighted by molar-refractivity contribution is -0.870. The van der Waals surface area contributed by atoms with Gasteiger partial charge in [-0.3, -0.25) is 14.2 Å². The summed E-state index contributed by atoms with van der Waals surface area (Å²) in [7, 11) is 1.14. The Morgan fingerprint density at radius 1 is 0.327 bits per heavy atom. The summed E-state index contributed by atoms with van der Waals surface area (Å²) in [5.41, 5.74) is 0. The molecule has 9 nitrogen and oxygen atoms in total. The molecule has 0 saturated carbocycles. The molecule has 0 fully saturated rings. The molecule has 2 unspecified atom stereocenters. The van der Waals surface area contributed by atoms with E-state index in [2.05, 4.69) is 172 Å². The first kappa shape index (κ1) is 93.6. The molecule has 0 saturated heterocycles. The van der Waals surface area contributed by atoms with Crippen molar-refractivity contribution < 1.29 is 42.1 Å². The van der Waals surface area contributed by atoms with Gasteiger partial charge in [-0.05, 0) is 128 Å². The Hall–Kier alpha value is -4.37. The minimum Gasteiger partial charge on any atom is -0.756 e. The molecule has 0 aromatic heterocycles. The number of unbranched alkanes of at least 4 members (excludes halogenated alkanes) is 33. The van der Waals surface area contributed by atoms with Crippen LogP contribution in [-0.4, -0.2) is 70.0 Å². The second kappa shape index (κ2) is 76.8. The molecule has 0 aliphatic carbocycles. The molecular weight excluding hydrogens is 1230 g/mol. The van der Waals surface area contributed by atoms with Crippen molar-refractivity contribution in [1.29, 1.82) is 0 Å². The number of carbonyl (C=O) groups is 2. The number of hydrogen-bond donors (Lipinski definition) is 0. The van der Waals surface area contributed by atoms with Crippen molar-refractivity contribution in [2.45, 2.75) is 341 Å². The van der Waals surface area contributed by atoms with Gasteiger partial charge in [0.05, 0.1) is 27.7 Å². The first-order chi connectivity index (χ1) is 48.0. The van der Waals surface area contributed by atoms with Crippen LogP contribution in [0.4, 0.5) is 0 Å². The molecule has 0 aromatic rings. The van der Waals surface area contributed by atoms with E-state index in [4.69, 9.17) is 18.5 Å². The number of likely N-dealkylation sites (N-methyl/N-ethyl adjacent to an activating group) is 1. The van der Waals surface area contributed by atoms with Crippen molar-refractivity contribution >= 4 is 19.8 Å². The molecule has 0 amide bonds. The minimum atomic E-state index is -4.66. The van der Waals surface area contributed by atoms with Gasteiger partial charge < -0.3 is 27.9 Å². The van der Waals surface area contributed by atoms with Crippen molar-refractivity contribution in [3.8, 4) is 0 Å². The summed E-state index contributed by atoms with van der Waals surface area (Å²) < 4.78 is 34.4. The molecular formula is C88H150NO8P. The van der Waals surface area contributed by atoms with Gasteiger partial charge in [0.25, 0.3) is 7.82 Å². The highest BCUT2D eigenvalue weighted by atomic mass is 31.2. The maximum atomic E-state index is 12.9. The van der Waals surface area contributed by atoms with E-state index in [-0.39, 0.29) is 32.0 Å². The zero-order valence-electron chi connectivity index (χ0n) is 63.9. The number of esters is 2. The number of phosphoric acid groups is 1. The van der Waals surface area contributed by atoms with Crippen LogP contribution in [0.25, 0.3) is 0 Å². The Bertz CT molecular complexity index is 2220. The van der Waals surface area contributed by atoms with E-state index in [1.165, 1.54) is 180 Å². The second-order valence-electron chi connectivity index (χ2n) is 27.7. The number of nitrogens with zero attached hydrogens (tertiary/aromatic N) is 1. The molecule has 0 spiro atoms. The lowest BCUT2D eigenvalue weighted by Crippen LogP contribution is -2.37. The van der Waals surface area contributed by atoms with Crippen molar-refractivity contribution in [3.05, 3.63) is 158 Å². The van der Waals surface area contributed by atoms with Crippen LogP contribution < -0.4 is 4.89 Å². The highest BCUT2D eigenvalue weighted by Gasteiger charge is 2.22. The maximum Gasteiger partial charge on any atom is 0.306 e. The number of phosphoric ester groups is 1. The highest BCUT2D eigenvalue weighted by molar-refractivity contribution is 7.45. The fraction of sp³-hybridized carbons (Fsp3) is 0.682. The largest absolute Gasteiger partial charge is 0.756 e. The Kier molecular flexibility index (Phi) is 73.4. The number of carbonyl (C=O) groups excluding carboxylic acids is 2. The normalized spacial score (nSPS) is 13.9. The Morgan fingerprint density at radius 3 is 0.867 bits per heavy atom. The van der Waals surface area contributed by atoms with Crippen molar-refractivity contribution in [2.24, 2.45) is 0 Å². The molecule has 0 aliphatic rings. The average molecular weight is 1380 g/mol. The van der Waals surface area contributed by atoms with Crippen LogP contribution in [0.1, 0.15) is 335 Å². The van der Waals surface area contributed by atoms with Crippen LogP contribution in [0.3, 0.4) is 0 Å². The summed E-state index contributed by atoms with van der Waals surface area (Å²) in [6.45, 7) is 4.10. The van der Waals surface area contributed by atoms with Crippen LogP contribution in [0.15, 0.2) is 158 Å². The van der Waals surface area contributed by atoms with E-state index in [0.29, 0.717) is 17.4 Å². The first-order valence-corrected chi connectivity index (χ1v) is 41.7. The van der Waals surface area contributed by atoms with E-state index in [1.807, 2.05) is 21.1 Å². The molecule has 0 heterocycles. The lowest BCUT2D eigenvalue weighted by Gasteiger charge is -2.28. The van der Waals surface area contributed by atoms with E-state index >= 15 is 0 Å². The fourth-order valence-electron chi connectivity index (χ4n) is 10.9. The van der Waals surface area contributed by atoms with Gasteiger partial charge >= 0.3 is 11.9 Å². The van der Waals surface area contributed by atoms with Gasteiger partial charge in [0.1, 0.15) is 19.8 Å². The van der Waals surface area contributed by atoms with Gasteiger partial charge in [-0.25, -0.2) is 0 Å². The average Bonchev–Trinajstić information content (AvgIpc) is 1.08. The lowest BCUT2D eigenvalue weighted by atomic mass is 10.0. The molecule has 98 heavy (non-hydrogen) atoms. The number of hydrogen-bond acceptors (Lipinski definition) is 8. The van der Waals surface area contributed by atoms with Crippen LogP contribution in [0, 0.1) is 0 Å². The Balaban J connectivity index is 4.04. The topological polar surface area (TPSA) is 111 Å². The summed E-state index contributed by atoms with van der Waals surface area (Å²) in [5, 5.41) is 0. The van der Waals surface area contributed by atoms with Crippen molar-refractivity contribution in [1.82, 2.24) is 0 Å². The molecule has 0 bridgehead atoms. The SMILES string of the molecule is CC/C=C\C/C=C\C/C=C\C/C=C\C/C=C\C/C=C\C/C=C\C/C=C\C/C=C\C/C=C\CCCCCCC(=O)OC(COC(=O)CCCCCCCCCCCCCCCCCCCCCCCCCC/C=C\C/C=C\C/C=C\CCCCCCC)COP(=O)([O-])OCC[N+](C)(C)C. The van der Waals surface area contributed by atoms with E-state index in [1.54, 1.807) is 0 Å². The molecule has 0 N–H and O–H groups in total. The van der Waals surface area contributed by atoms with Gasteiger partial charge in [-0.2, -0.15) is 0 Å². The quantitative estimate of drug-likeness (QED) is 0.0195.